The number of fused-ring (bicyclic) bond motifs is 1. The number of carbonyl (C=O) groups is 2. The van der Waals surface area contributed by atoms with Crippen molar-refractivity contribution in [2.45, 2.75) is 19.8 Å². The van der Waals surface area contributed by atoms with E-state index in [0.717, 1.165) is 10.1 Å². The van der Waals surface area contributed by atoms with Gasteiger partial charge in [-0.25, -0.2) is 4.98 Å². The van der Waals surface area contributed by atoms with E-state index in [1.165, 1.54) is 0 Å². The van der Waals surface area contributed by atoms with Crippen LogP contribution in [0.4, 0.5) is 0 Å². The van der Waals surface area contributed by atoms with Gasteiger partial charge in [0.1, 0.15) is 11.3 Å². The molecule has 0 bridgehead atoms. The minimum atomic E-state index is -0.776. The number of amides is 1. The molecule has 3 heterocycles. The van der Waals surface area contributed by atoms with Crippen molar-refractivity contribution in [3.05, 3.63) is 34.2 Å². The number of nitrogens with zero attached hydrogens (tertiary/aromatic N) is 3. The number of halogens is 1. The van der Waals surface area contributed by atoms with Crippen molar-refractivity contribution in [3.8, 4) is 0 Å². The third-order valence-corrected chi connectivity index (χ3v) is 4.56. The fourth-order valence-corrected chi connectivity index (χ4v) is 3.21. The van der Waals surface area contributed by atoms with Crippen LogP contribution in [0, 0.1) is 12.8 Å². The molecule has 1 amide bonds. The van der Waals surface area contributed by atoms with Crippen LogP contribution < -0.4 is 0 Å². The zero-order chi connectivity index (χ0) is 15.9. The van der Waals surface area contributed by atoms with Crippen molar-refractivity contribution in [1.82, 2.24) is 14.3 Å². The summed E-state index contributed by atoms with van der Waals surface area (Å²) in [7, 11) is 0. The van der Waals surface area contributed by atoms with Crippen LogP contribution in [0.15, 0.2) is 22.8 Å². The first-order valence-corrected chi connectivity index (χ1v) is 7.93. The number of aromatic nitrogens is 2. The summed E-state index contributed by atoms with van der Waals surface area (Å²) in [5, 5.41) is 9.04. The summed E-state index contributed by atoms with van der Waals surface area (Å²) in [6.07, 6.45) is 2.83. The number of piperidine rings is 1. The molecule has 1 aliphatic heterocycles. The Bertz CT molecular complexity index is 748. The average Bonchev–Trinajstić information content (AvgIpc) is 2.82. The second-order valence-electron chi connectivity index (χ2n) is 5.53. The SMILES string of the molecule is Cc1nc2ccc(Br)cn2c1C(=O)N1CCC(C(=O)O)CC1. The monoisotopic (exact) mass is 365 g/mol. The van der Waals surface area contributed by atoms with E-state index in [9.17, 15) is 9.59 Å². The normalized spacial score (nSPS) is 16.2. The summed E-state index contributed by atoms with van der Waals surface area (Å²) in [6, 6.07) is 3.74. The van der Waals surface area contributed by atoms with Gasteiger partial charge in [-0.15, -0.1) is 0 Å². The Kier molecular flexibility index (Phi) is 3.90. The Labute approximate surface area is 135 Å². The molecule has 2 aromatic rings. The number of likely N-dealkylation sites (tertiary alicyclic amines) is 1. The number of rotatable bonds is 2. The minimum Gasteiger partial charge on any atom is -0.481 e. The van der Waals surface area contributed by atoms with Crippen LogP contribution in [0.5, 0.6) is 0 Å². The Balaban J connectivity index is 1.88. The fraction of sp³-hybridized carbons (Fsp3) is 0.400. The summed E-state index contributed by atoms with van der Waals surface area (Å²) in [6.45, 7) is 2.76. The Hall–Kier alpha value is -1.89. The largest absolute Gasteiger partial charge is 0.481 e. The first-order valence-electron chi connectivity index (χ1n) is 7.13. The molecule has 22 heavy (non-hydrogen) atoms. The van der Waals surface area contributed by atoms with Gasteiger partial charge in [-0.1, -0.05) is 0 Å². The number of carbonyl (C=O) groups excluding carboxylic acids is 1. The van der Waals surface area contributed by atoms with Gasteiger partial charge in [0.2, 0.25) is 0 Å². The van der Waals surface area contributed by atoms with Crippen LogP contribution in [0.3, 0.4) is 0 Å². The van der Waals surface area contributed by atoms with Gasteiger partial charge >= 0.3 is 5.97 Å². The molecule has 0 unspecified atom stereocenters. The third kappa shape index (κ3) is 2.61. The molecule has 0 atom stereocenters. The molecular formula is C15H16BrN3O3. The number of aryl methyl sites for hydroxylation is 1. The van der Waals surface area contributed by atoms with Crippen LogP contribution in [-0.4, -0.2) is 44.4 Å². The van der Waals surface area contributed by atoms with Crippen molar-refractivity contribution >= 4 is 33.5 Å². The highest BCUT2D eigenvalue weighted by molar-refractivity contribution is 9.10. The van der Waals surface area contributed by atoms with Gasteiger partial charge in [0, 0.05) is 23.8 Å². The standard InChI is InChI=1S/C15H16BrN3O3/c1-9-13(19-8-11(16)2-3-12(19)17-9)14(20)18-6-4-10(5-7-18)15(21)22/h2-3,8,10H,4-7H2,1H3,(H,21,22). The lowest BCUT2D eigenvalue weighted by atomic mass is 9.97. The number of hydrogen-bond acceptors (Lipinski definition) is 3. The lowest BCUT2D eigenvalue weighted by molar-refractivity contribution is -0.143. The number of carboxylic acids is 1. The first-order chi connectivity index (χ1) is 10.5. The zero-order valence-corrected chi connectivity index (χ0v) is 13.7. The van der Waals surface area contributed by atoms with E-state index in [1.54, 1.807) is 9.30 Å². The van der Waals surface area contributed by atoms with E-state index in [-0.39, 0.29) is 11.8 Å². The topological polar surface area (TPSA) is 74.9 Å². The quantitative estimate of drug-likeness (QED) is 0.886. The number of carboxylic acid groups (broad SMARTS) is 1. The van der Waals surface area contributed by atoms with Crippen LogP contribution in [0.25, 0.3) is 5.65 Å². The Morgan fingerprint density at radius 3 is 2.64 bits per heavy atom. The number of aliphatic carboxylic acids is 1. The molecule has 0 spiro atoms. The molecule has 3 rings (SSSR count). The molecular weight excluding hydrogens is 350 g/mol. The molecule has 116 valence electrons. The van der Waals surface area contributed by atoms with E-state index >= 15 is 0 Å². The molecule has 2 aromatic heterocycles. The molecule has 1 saturated heterocycles. The van der Waals surface area contributed by atoms with Gasteiger partial charge in [0.05, 0.1) is 11.6 Å². The fourth-order valence-electron chi connectivity index (χ4n) is 2.87. The maximum atomic E-state index is 12.8. The third-order valence-electron chi connectivity index (χ3n) is 4.09. The van der Waals surface area contributed by atoms with Crippen molar-refractivity contribution < 1.29 is 14.7 Å². The Morgan fingerprint density at radius 1 is 1.32 bits per heavy atom. The second kappa shape index (κ2) is 5.72. The van der Waals surface area contributed by atoms with Crippen molar-refractivity contribution in [1.29, 1.82) is 0 Å². The highest BCUT2D eigenvalue weighted by Crippen LogP contribution is 2.22. The molecule has 0 radical (unpaired) electrons. The maximum Gasteiger partial charge on any atom is 0.306 e. The summed E-state index contributed by atoms with van der Waals surface area (Å²) < 4.78 is 2.65. The highest BCUT2D eigenvalue weighted by Gasteiger charge is 2.29. The summed E-state index contributed by atoms with van der Waals surface area (Å²) >= 11 is 3.41. The van der Waals surface area contributed by atoms with Crippen molar-refractivity contribution in [2.24, 2.45) is 5.92 Å². The van der Waals surface area contributed by atoms with Crippen molar-refractivity contribution in [2.75, 3.05) is 13.1 Å². The van der Waals surface area contributed by atoms with Gasteiger partial charge in [-0.2, -0.15) is 0 Å². The highest BCUT2D eigenvalue weighted by atomic mass is 79.9. The molecule has 6 nitrogen and oxygen atoms in total. The molecule has 0 aromatic carbocycles. The van der Waals surface area contributed by atoms with Gasteiger partial charge < -0.3 is 10.0 Å². The first kappa shape index (κ1) is 15.0. The smallest absolute Gasteiger partial charge is 0.306 e. The molecule has 1 aliphatic rings. The van der Waals surface area contributed by atoms with E-state index in [0.29, 0.717) is 37.3 Å². The van der Waals surface area contributed by atoms with Crippen LogP contribution >= 0.6 is 15.9 Å². The minimum absolute atomic E-state index is 0.0908. The van der Waals surface area contributed by atoms with Crippen LogP contribution in [0.1, 0.15) is 29.0 Å². The van der Waals surface area contributed by atoms with Crippen molar-refractivity contribution in [3.63, 3.8) is 0 Å². The van der Waals surface area contributed by atoms with Gasteiger partial charge in [-0.05, 0) is 47.8 Å². The van der Waals surface area contributed by atoms with Crippen LogP contribution in [0.2, 0.25) is 0 Å². The predicted molar refractivity (Wildman–Crippen MR) is 83.9 cm³/mol. The lowest BCUT2D eigenvalue weighted by Crippen LogP contribution is -2.40. The maximum absolute atomic E-state index is 12.8. The van der Waals surface area contributed by atoms with E-state index in [4.69, 9.17) is 5.11 Å². The molecule has 7 heteroatoms. The molecule has 1 N–H and O–H groups in total. The average molecular weight is 366 g/mol. The number of imidazole rings is 1. The summed E-state index contributed by atoms with van der Waals surface area (Å²) in [4.78, 5) is 29.9. The summed E-state index contributed by atoms with van der Waals surface area (Å²) in [5.74, 6) is -1.21. The predicted octanol–water partition coefficient (Wildman–Crippen LogP) is 2.34. The van der Waals surface area contributed by atoms with E-state index < -0.39 is 5.97 Å². The molecule has 0 saturated carbocycles. The molecule has 1 fully saturated rings. The van der Waals surface area contributed by atoms with Gasteiger partial charge in [0.15, 0.2) is 0 Å². The lowest BCUT2D eigenvalue weighted by Gasteiger charge is -2.30. The van der Waals surface area contributed by atoms with Gasteiger partial charge in [-0.3, -0.25) is 14.0 Å². The van der Waals surface area contributed by atoms with Gasteiger partial charge in [0.25, 0.3) is 5.91 Å². The zero-order valence-electron chi connectivity index (χ0n) is 12.1. The van der Waals surface area contributed by atoms with Crippen LogP contribution in [-0.2, 0) is 4.79 Å². The van der Waals surface area contributed by atoms with E-state index in [2.05, 4.69) is 20.9 Å². The second-order valence-corrected chi connectivity index (χ2v) is 6.44. The number of pyridine rings is 1. The molecule has 0 aliphatic carbocycles. The number of hydrogen-bond donors (Lipinski definition) is 1. The van der Waals surface area contributed by atoms with E-state index in [1.807, 2.05) is 25.3 Å². The Morgan fingerprint density at radius 2 is 2.00 bits per heavy atom. The summed E-state index contributed by atoms with van der Waals surface area (Å²) in [5.41, 5.74) is 1.96.